The number of hydrogen-bond acceptors (Lipinski definition) is 3. The summed E-state index contributed by atoms with van der Waals surface area (Å²) in [6, 6.07) is 6.87. The molecule has 1 heterocycles. The van der Waals surface area contributed by atoms with E-state index < -0.39 is 6.04 Å². The van der Waals surface area contributed by atoms with Crippen molar-refractivity contribution in [3.63, 3.8) is 0 Å². The number of hydrogen-bond donors (Lipinski definition) is 2. The largest absolute Gasteiger partial charge is 0.497 e. The smallest absolute Gasteiger partial charge is 0.315 e. The molecule has 6 nitrogen and oxygen atoms in total. The first kappa shape index (κ1) is 18.1. The van der Waals surface area contributed by atoms with E-state index in [9.17, 15) is 9.59 Å². The number of nitrogens with zero attached hydrogens (tertiary/aromatic N) is 1. The number of urea groups is 1. The highest BCUT2D eigenvalue weighted by Crippen LogP contribution is 2.17. The van der Waals surface area contributed by atoms with Gasteiger partial charge in [-0.15, -0.1) is 0 Å². The number of amides is 3. The lowest BCUT2D eigenvalue weighted by atomic mass is 10.0. The highest BCUT2D eigenvalue weighted by atomic mass is 16.5. The highest BCUT2D eigenvalue weighted by molar-refractivity contribution is 5.87. The molecule has 24 heavy (non-hydrogen) atoms. The Kier molecular flexibility index (Phi) is 6.46. The number of carbonyl (C=O) groups excluding carboxylic acids is 2. The summed E-state index contributed by atoms with van der Waals surface area (Å²) in [6.07, 6.45) is 3.22. The molecule has 2 rings (SSSR count). The summed E-state index contributed by atoms with van der Waals surface area (Å²) in [6.45, 7) is 4.95. The number of ether oxygens (including phenoxy) is 1. The fourth-order valence-electron chi connectivity index (χ4n) is 2.95. The van der Waals surface area contributed by atoms with Crippen LogP contribution < -0.4 is 15.4 Å². The molecule has 1 fully saturated rings. The van der Waals surface area contributed by atoms with Gasteiger partial charge in [0.1, 0.15) is 11.8 Å². The van der Waals surface area contributed by atoms with Gasteiger partial charge in [-0.1, -0.05) is 12.1 Å². The van der Waals surface area contributed by atoms with Crippen LogP contribution in [0.1, 0.15) is 38.7 Å². The maximum atomic E-state index is 12.5. The van der Waals surface area contributed by atoms with Crippen molar-refractivity contribution in [2.75, 3.05) is 13.7 Å². The van der Waals surface area contributed by atoms with Crippen LogP contribution in [0.3, 0.4) is 0 Å². The molecule has 3 amide bonds. The minimum atomic E-state index is -0.532. The standard InChI is InChI=1S/C18H27N3O3/c1-13-7-4-5-10-21(13)17(22)14(2)20-18(23)19-12-15-8-6-9-16(11-15)24-3/h6,8-9,11,13-14H,4-5,7,10,12H2,1-3H3,(H2,19,20,23). The van der Waals surface area contributed by atoms with Crippen molar-refractivity contribution in [1.82, 2.24) is 15.5 Å². The first-order valence-electron chi connectivity index (χ1n) is 8.49. The maximum Gasteiger partial charge on any atom is 0.315 e. The highest BCUT2D eigenvalue weighted by Gasteiger charge is 2.27. The molecule has 1 aromatic carbocycles. The Hall–Kier alpha value is -2.24. The van der Waals surface area contributed by atoms with E-state index in [1.807, 2.05) is 29.2 Å². The number of methoxy groups -OCH3 is 1. The van der Waals surface area contributed by atoms with E-state index in [1.54, 1.807) is 14.0 Å². The van der Waals surface area contributed by atoms with Gasteiger partial charge in [-0.3, -0.25) is 4.79 Å². The molecule has 1 aliphatic rings. The molecule has 1 aliphatic heterocycles. The van der Waals surface area contributed by atoms with Crippen LogP contribution in [0, 0.1) is 0 Å². The monoisotopic (exact) mass is 333 g/mol. The third-order valence-corrected chi connectivity index (χ3v) is 4.39. The lowest BCUT2D eigenvalue weighted by Gasteiger charge is -2.35. The van der Waals surface area contributed by atoms with Crippen LogP contribution in [0.25, 0.3) is 0 Å². The Balaban J connectivity index is 1.81. The molecule has 0 saturated carbocycles. The van der Waals surface area contributed by atoms with Crippen molar-refractivity contribution in [3.05, 3.63) is 29.8 Å². The lowest BCUT2D eigenvalue weighted by Crippen LogP contribution is -2.53. The summed E-state index contributed by atoms with van der Waals surface area (Å²) in [5.74, 6) is 0.732. The van der Waals surface area contributed by atoms with Crippen molar-refractivity contribution >= 4 is 11.9 Å². The summed E-state index contributed by atoms with van der Waals surface area (Å²) in [5, 5.41) is 5.50. The van der Waals surface area contributed by atoms with Crippen LogP contribution >= 0.6 is 0 Å². The number of rotatable bonds is 5. The zero-order chi connectivity index (χ0) is 17.5. The molecule has 1 aromatic rings. The molecule has 0 radical (unpaired) electrons. The van der Waals surface area contributed by atoms with E-state index in [2.05, 4.69) is 17.6 Å². The van der Waals surface area contributed by atoms with Gasteiger partial charge in [0.25, 0.3) is 0 Å². The van der Waals surface area contributed by atoms with Crippen molar-refractivity contribution in [1.29, 1.82) is 0 Å². The van der Waals surface area contributed by atoms with Crippen LogP contribution in [0.5, 0.6) is 5.75 Å². The lowest BCUT2D eigenvalue weighted by molar-refractivity contribution is -0.136. The number of carbonyl (C=O) groups is 2. The summed E-state index contributed by atoms with van der Waals surface area (Å²) in [5.41, 5.74) is 0.938. The van der Waals surface area contributed by atoms with E-state index in [0.717, 1.165) is 37.1 Å². The molecule has 2 N–H and O–H groups in total. The predicted molar refractivity (Wildman–Crippen MR) is 92.9 cm³/mol. The number of benzene rings is 1. The van der Waals surface area contributed by atoms with Gasteiger partial charge in [0.15, 0.2) is 0 Å². The first-order valence-corrected chi connectivity index (χ1v) is 8.49. The third kappa shape index (κ3) is 4.88. The second kappa shape index (κ2) is 8.57. The fraction of sp³-hybridized carbons (Fsp3) is 0.556. The number of likely N-dealkylation sites (tertiary alicyclic amines) is 1. The molecule has 6 heteroatoms. The molecular formula is C18H27N3O3. The minimum absolute atomic E-state index is 0.0151. The Morgan fingerprint density at radius 1 is 1.38 bits per heavy atom. The second-order valence-corrected chi connectivity index (χ2v) is 6.28. The van der Waals surface area contributed by atoms with E-state index in [4.69, 9.17) is 4.74 Å². The predicted octanol–water partition coefficient (Wildman–Crippen LogP) is 2.28. The Labute approximate surface area is 143 Å². The molecule has 1 saturated heterocycles. The van der Waals surface area contributed by atoms with Gasteiger partial charge in [0, 0.05) is 19.1 Å². The molecule has 2 unspecified atom stereocenters. The van der Waals surface area contributed by atoms with Crippen molar-refractivity contribution in [3.8, 4) is 5.75 Å². The van der Waals surface area contributed by atoms with Crippen molar-refractivity contribution < 1.29 is 14.3 Å². The van der Waals surface area contributed by atoms with Gasteiger partial charge in [-0.2, -0.15) is 0 Å². The summed E-state index contributed by atoms with van der Waals surface area (Å²) in [4.78, 5) is 26.4. The number of nitrogens with one attached hydrogen (secondary N) is 2. The van der Waals surface area contributed by atoms with Gasteiger partial charge in [0.2, 0.25) is 5.91 Å². The quantitative estimate of drug-likeness (QED) is 0.868. The average molecular weight is 333 g/mol. The van der Waals surface area contributed by atoms with Crippen molar-refractivity contribution in [2.24, 2.45) is 0 Å². The van der Waals surface area contributed by atoms with Gasteiger partial charge in [-0.25, -0.2) is 4.79 Å². The van der Waals surface area contributed by atoms with Crippen LogP contribution in [0.15, 0.2) is 24.3 Å². The third-order valence-electron chi connectivity index (χ3n) is 4.39. The second-order valence-electron chi connectivity index (χ2n) is 6.28. The van der Waals surface area contributed by atoms with Crippen LogP contribution in [0.2, 0.25) is 0 Å². The first-order chi connectivity index (χ1) is 11.5. The molecule has 132 valence electrons. The van der Waals surface area contributed by atoms with E-state index in [-0.39, 0.29) is 18.0 Å². The Morgan fingerprint density at radius 2 is 2.17 bits per heavy atom. The molecule has 0 spiro atoms. The zero-order valence-electron chi connectivity index (χ0n) is 14.7. The minimum Gasteiger partial charge on any atom is -0.497 e. The van der Waals surface area contributed by atoms with E-state index in [0.29, 0.717) is 6.54 Å². The molecule has 0 aliphatic carbocycles. The van der Waals surface area contributed by atoms with E-state index >= 15 is 0 Å². The number of piperidine rings is 1. The zero-order valence-corrected chi connectivity index (χ0v) is 14.7. The summed E-state index contributed by atoms with van der Waals surface area (Å²) >= 11 is 0. The van der Waals surface area contributed by atoms with Crippen LogP contribution in [-0.2, 0) is 11.3 Å². The Bertz CT molecular complexity index is 576. The molecule has 0 aromatic heterocycles. The van der Waals surface area contributed by atoms with Crippen LogP contribution in [0.4, 0.5) is 4.79 Å². The normalized spacial score (nSPS) is 18.6. The average Bonchev–Trinajstić information content (AvgIpc) is 2.60. The Morgan fingerprint density at radius 3 is 2.88 bits per heavy atom. The summed E-state index contributed by atoms with van der Waals surface area (Å²) in [7, 11) is 1.61. The van der Waals surface area contributed by atoms with Gasteiger partial charge in [-0.05, 0) is 50.8 Å². The van der Waals surface area contributed by atoms with Crippen LogP contribution in [-0.4, -0.2) is 42.6 Å². The maximum absolute atomic E-state index is 12.5. The fourth-order valence-corrected chi connectivity index (χ4v) is 2.95. The summed E-state index contributed by atoms with van der Waals surface area (Å²) < 4.78 is 5.16. The molecular weight excluding hydrogens is 306 g/mol. The molecule has 0 bridgehead atoms. The van der Waals surface area contributed by atoms with Gasteiger partial charge >= 0.3 is 6.03 Å². The van der Waals surface area contributed by atoms with Gasteiger partial charge < -0.3 is 20.3 Å². The van der Waals surface area contributed by atoms with Gasteiger partial charge in [0.05, 0.1) is 7.11 Å². The molecule has 2 atom stereocenters. The topological polar surface area (TPSA) is 70.7 Å². The SMILES string of the molecule is COc1cccc(CNC(=O)NC(C)C(=O)N2CCCCC2C)c1. The van der Waals surface area contributed by atoms with E-state index in [1.165, 1.54) is 0 Å². The van der Waals surface area contributed by atoms with Crippen molar-refractivity contribution in [2.45, 2.75) is 51.7 Å².